The first-order chi connectivity index (χ1) is 12.5. The minimum absolute atomic E-state index is 0.102. The van der Waals surface area contributed by atoms with Crippen molar-refractivity contribution in [1.29, 1.82) is 0 Å². The van der Waals surface area contributed by atoms with E-state index >= 15 is 0 Å². The SMILES string of the molecule is C/C(=C\C=C/S)c1ccc(-c2ccc3c(c2)C(C)(C)C2=C3CCC=C2)s1. The van der Waals surface area contributed by atoms with Gasteiger partial charge in [0.25, 0.3) is 0 Å². The van der Waals surface area contributed by atoms with E-state index in [0.29, 0.717) is 0 Å². The highest BCUT2D eigenvalue weighted by Crippen LogP contribution is 2.51. The summed E-state index contributed by atoms with van der Waals surface area (Å²) in [6, 6.07) is 11.5. The Hall–Kier alpha value is -1.77. The van der Waals surface area contributed by atoms with Crippen LogP contribution in [0.15, 0.2) is 65.6 Å². The molecule has 2 aromatic rings. The van der Waals surface area contributed by atoms with Gasteiger partial charge in [-0.1, -0.05) is 50.3 Å². The maximum absolute atomic E-state index is 4.13. The average Bonchev–Trinajstić information content (AvgIpc) is 3.23. The molecule has 0 nitrogen and oxygen atoms in total. The Morgan fingerprint density at radius 2 is 2.04 bits per heavy atom. The fourth-order valence-electron chi connectivity index (χ4n) is 4.13. The molecule has 0 aliphatic heterocycles. The predicted octanol–water partition coefficient (Wildman–Crippen LogP) is 7.66. The zero-order chi connectivity index (χ0) is 18.3. The van der Waals surface area contributed by atoms with Gasteiger partial charge in [0.15, 0.2) is 0 Å². The van der Waals surface area contributed by atoms with Crippen molar-refractivity contribution < 1.29 is 0 Å². The maximum atomic E-state index is 4.13. The summed E-state index contributed by atoms with van der Waals surface area (Å²) in [7, 11) is 0. The van der Waals surface area contributed by atoms with Gasteiger partial charge < -0.3 is 0 Å². The molecule has 0 N–H and O–H groups in total. The Morgan fingerprint density at radius 1 is 1.19 bits per heavy atom. The lowest BCUT2D eigenvalue weighted by Crippen LogP contribution is -2.16. The van der Waals surface area contributed by atoms with E-state index in [1.165, 1.54) is 44.0 Å². The van der Waals surface area contributed by atoms with Crippen molar-refractivity contribution in [3.63, 3.8) is 0 Å². The third-order valence-corrected chi connectivity index (χ3v) is 7.02. The lowest BCUT2D eigenvalue weighted by atomic mass is 9.79. The van der Waals surface area contributed by atoms with Crippen LogP contribution in [-0.2, 0) is 5.41 Å². The summed E-state index contributed by atoms with van der Waals surface area (Å²) in [6.45, 7) is 6.88. The largest absolute Gasteiger partial charge is 0.151 e. The summed E-state index contributed by atoms with van der Waals surface area (Å²) in [4.78, 5) is 2.65. The zero-order valence-corrected chi connectivity index (χ0v) is 17.3. The summed E-state index contributed by atoms with van der Waals surface area (Å²) >= 11 is 5.99. The number of thiophene rings is 1. The molecule has 0 amide bonds. The molecule has 0 saturated carbocycles. The van der Waals surface area contributed by atoms with Gasteiger partial charge in [0, 0.05) is 15.2 Å². The summed E-state index contributed by atoms with van der Waals surface area (Å²) in [6.07, 6.45) is 11.1. The quantitative estimate of drug-likeness (QED) is 0.412. The van der Waals surface area contributed by atoms with Gasteiger partial charge in [0.05, 0.1) is 0 Å². The van der Waals surface area contributed by atoms with Crippen LogP contribution in [0.4, 0.5) is 0 Å². The van der Waals surface area contributed by atoms with E-state index in [0.717, 1.165) is 6.42 Å². The normalized spacial score (nSPS) is 18.5. The summed E-state index contributed by atoms with van der Waals surface area (Å²) < 4.78 is 0. The van der Waals surface area contributed by atoms with Crippen molar-refractivity contribution in [2.45, 2.75) is 39.0 Å². The van der Waals surface area contributed by atoms with Gasteiger partial charge in [-0.2, -0.15) is 12.6 Å². The van der Waals surface area contributed by atoms with Crippen LogP contribution >= 0.6 is 24.0 Å². The van der Waals surface area contributed by atoms with Crippen LogP contribution in [0.3, 0.4) is 0 Å². The van der Waals surface area contributed by atoms with Crippen LogP contribution in [-0.4, -0.2) is 0 Å². The number of hydrogen-bond donors (Lipinski definition) is 1. The third-order valence-electron chi connectivity index (χ3n) is 5.57. The smallest absolute Gasteiger partial charge is 0.0349 e. The second-order valence-corrected chi connectivity index (χ2v) is 8.96. The van der Waals surface area contributed by atoms with E-state index in [9.17, 15) is 0 Å². The van der Waals surface area contributed by atoms with Gasteiger partial charge in [-0.15, -0.1) is 11.3 Å². The van der Waals surface area contributed by atoms with Crippen molar-refractivity contribution in [3.05, 3.63) is 81.6 Å². The Balaban J connectivity index is 1.73. The number of benzene rings is 1. The van der Waals surface area contributed by atoms with Gasteiger partial charge in [0.1, 0.15) is 0 Å². The summed E-state index contributed by atoms with van der Waals surface area (Å²) in [5, 5.41) is 1.77. The molecule has 0 saturated heterocycles. The highest BCUT2D eigenvalue weighted by molar-refractivity contribution is 7.83. The zero-order valence-electron chi connectivity index (χ0n) is 15.5. The molecule has 1 aromatic heterocycles. The Labute approximate surface area is 166 Å². The number of rotatable bonds is 3. The van der Waals surface area contributed by atoms with E-state index in [4.69, 9.17) is 0 Å². The Morgan fingerprint density at radius 3 is 2.85 bits per heavy atom. The van der Waals surface area contributed by atoms with Gasteiger partial charge in [-0.3, -0.25) is 0 Å². The van der Waals surface area contributed by atoms with Crippen molar-refractivity contribution in [2.75, 3.05) is 0 Å². The molecule has 0 atom stereocenters. The summed E-state index contributed by atoms with van der Waals surface area (Å²) in [5.74, 6) is 0. The van der Waals surface area contributed by atoms with Crippen LogP contribution in [0.1, 0.15) is 49.6 Å². The van der Waals surface area contributed by atoms with Crippen LogP contribution in [0, 0.1) is 0 Å². The molecular formula is C24H24S2. The van der Waals surface area contributed by atoms with E-state index < -0.39 is 0 Å². The van der Waals surface area contributed by atoms with Gasteiger partial charge >= 0.3 is 0 Å². The first-order valence-corrected chi connectivity index (χ1v) is 10.5. The van der Waals surface area contributed by atoms with E-state index in [1.807, 2.05) is 17.4 Å². The highest BCUT2D eigenvalue weighted by atomic mass is 32.1. The van der Waals surface area contributed by atoms with Gasteiger partial charge in [-0.05, 0) is 76.8 Å². The Kier molecular flexibility index (Phi) is 4.58. The average molecular weight is 377 g/mol. The van der Waals surface area contributed by atoms with Crippen molar-refractivity contribution in [2.24, 2.45) is 0 Å². The fourth-order valence-corrected chi connectivity index (χ4v) is 5.20. The van der Waals surface area contributed by atoms with Crippen LogP contribution in [0.5, 0.6) is 0 Å². The van der Waals surface area contributed by atoms with Crippen molar-refractivity contribution in [1.82, 2.24) is 0 Å². The lowest BCUT2D eigenvalue weighted by Gasteiger charge is -2.24. The second kappa shape index (κ2) is 6.75. The minimum atomic E-state index is 0.102. The minimum Gasteiger partial charge on any atom is -0.151 e. The second-order valence-electron chi connectivity index (χ2n) is 7.57. The topological polar surface area (TPSA) is 0 Å². The molecule has 4 rings (SSSR count). The first kappa shape index (κ1) is 17.6. The monoisotopic (exact) mass is 376 g/mol. The molecule has 1 aromatic carbocycles. The van der Waals surface area contributed by atoms with Gasteiger partial charge in [-0.25, -0.2) is 0 Å². The number of hydrogen-bond acceptors (Lipinski definition) is 2. The molecule has 132 valence electrons. The van der Waals surface area contributed by atoms with E-state index in [2.05, 4.69) is 82.0 Å². The molecule has 0 bridgehead atoms. The van der Waals surface area contributed by atoms with Crippen LogP contribution < -0.4 is 0 Å². The van der Waals surface area contributed by atoms with Crippen LogP contribution in [0.25, 0.3) is 21.6 Å². The predicted molar refractivity (Wildman–Crippen MR) is 120 cm³/mol. The number of thiol groups is 1. The third kappa shape index (κ3) is 2.86. The molecule has 2 heteroatoms. The molecule has 1 heterocycles. The summed E-state index contributed by atoms with van der Waals surface area (Å²) in [5.41, 5.74) is 8.72. The van der Waals surface area contributed by atoms with Gasteiger partial charge in [0.2, 0.25) is 0 Å². The van der Waals surface area contributed by atoms with Crippen molar-refractivity contribution in [3.8, 4) is 10.4 Å². The standard InChI is InChI=1S/C24H24S2/c1-16(7-6-14-25)22-12-13-23(26-22)17-10-11-19-18-8-4-5-9-20(18)24(2,3)21(19)15-17/h5-7,9-15,25H,4,8H2,1-3H3/b14-6-,16-7+. The molecule has 0 spiro atoms. The van der Waals surface area contributed by atoms with E-state index in [-0.39, 0.29) is 5.41 Å². The van der Waals surface area contributed by atoms with Crippen molar-refractivity contribution >= 4 is 35.1 Å². The lowest BCUT2D eigenvalue weighted by molar-refractivity contribution is 0.651. The van der Waals surface area contributed by atoms with Crippen LogP contribution in [0.2, 0.25) is 0 Å². The molecule has 0 fully saturated rings. The first-order valence-electron chi connectivity index (χ1n) is 9.15. The molecular weight excluding hydrogens is 352 g/mol. The molecule has 0 unspecified atom stereocenters. The fraction of sp³-hybridized carbons (Fsp3) is 0.250. The molecule has 26 heavy (non-hydrogen) atoms. The molecule has 2 aliphatic rings. The maximum Gasteiger partial charge on any atom is 0.0349 e. The Bertz CT molecular complexity index is 977. The number of allylic oxidation sites excluding steroid dienone is 7. The number of fused-ring (bicyclic) bond motifs is 2. The molecule has 2 aliphatic carbocycles. The molecule has 0 radical (unpaired) electrons. The van der Waals surface area contributed by atoms with E-state index in [1.54, 1.807) is 11.0 Å². The highest BCUT2D eigenvalue weighted by Gasteiger charge is 2.37.